The number of carbonyl (C=O) groups excluding carboxylic acids is 1. The standard InChI is InChI=1S/C13H25N3O/c1-2-6-16(12-9-14-10-12)11-13(17)15-7-4-3-5-8-15/h12,14H,2-11H2,1H3. The molecule has 2 heterocycles. The molecule has 0 saturated carbocycles. The quantitative estimate of drug-likeness (QED) is 0.766. The second-order valence-corrected chi connectivity index (χ2v) is 5.22. The zero-order valence-electron chi connectivity index (χ0n) is 11.0. The van der Waals surface area contributed by atoms with E-state index in [1.54, 1.807) is 0 Å². The Morgan fingerprint density at radius 2 is 2.00 bits per heavy atom. The summed E-state index contributed by atoms with van der Waals surface area (Å²) in [5.74, 6) is 0.338. The molecule has 0 radical (unpaired) electrons. The van der Waals surface area contributed by atoms with E-state index in [1.807, 2.05) is 0 Å². The van der Waals surface area contributed by atoms with Gasteiger partial charge in [-0.05, 0) is 32.2 Å². The fourth-order valence-electron chi connectivity index (χ4n) is 2.63. The van der Waals surface area contributed by atoms with Crippen LogP contribution in [0, 0.1) is 0 Å². The van der Waals surface area contributed by atoms with Gasteiger partial charge < -0.3 is 10.2 Å². The second-order valence-electron chi connectivity index (χ2n) is 5.22. The molecule has 0 aliphatic carbocycles. The number of rotatable bonds is 5. The average molecular weight is 239 g/mol. The smallest absolute Gasteiger partial charge is 0.236 e. The van der Waals surface area contributed by atoms with Crippen molar-refractivity contribution in [3.8, 4) is 0 Å². The van der Waals surface area contributed by atoms with E-state index in [0.717, 1.165) is 39.1 Å². The predicted octanol–water partition coefficient (Wildman–Crippen LogP) is 0.683. The summed E-state index contributed by atoms with van der Waals surface area (Å²) in [6.07, 6.45) is 4.79. The Kier molecular flexibility index (Phi) is 4.80. The lowest BCUT2D eigenvalue weighted by molar-refractivity contribution is -0.134. The van der Waals surface area contributed by atoms with Crippen molar-refractivity contribution in [3.05, 3.63) is 0 Å². The molecule has 2 fully saturated rings. The van der Waals surface area contributed by atoms with E-state index < -0.39 is 0 Å². The van der Waals surface area contributed by atoms with Crippen molar-refractivity contribution in [2.45, 2.75) is 38.6 Å². The molecule has 1 amide bonds. The summed E-state index contributed by atoms with van der Waals surface area (Å²) in [6, 6.07) is 0.587. The van der Waals surface area contributed by atoms with E-state index in [1.165, 1.54) is 19.3 Å². The summed E-state index contributed by atoms with van der Waals surface area (Å²) >= 11 is 0. The Hall–Kier alpha value is -0.610. The van der Waals surface area contributed by atoms with Crippen molar-refractivity contribution < 1.29 is 4.79 Å². The van der Waals surface area contributed by atoms with Crippen molar-refractivity contribution in [3.63, 3.8) is 0 Å². The van der Waals surface area contributed by atoms with Crippen LogP contribution < -0.4 is 5.32 Å². The van der Waals surface area contributed by atoms with E-state index in [-0.39, 0.29) is 0 Å². The summed E-state index contributed by atoms with van der Waals surface area (Å²) in [6.45, 7) is 7.90. The Labute approximate surface area is 104 Å². The summed E-state index contributed by atoms with van der Waals surface area (Å²) in [5.41, 5.74) is 0. The lowest BCUT2D eigenvalue weighted by Crippen LogP contribution is -2.59. The zero-order valence-corrected chi connectivity index (χ0v) is 11.0. The highest BCUT2D eigenvalue weighted by atomic mass is 16.2. The molecule has 17 heavy (non-hydrogen) atoms. The Morgan fingerprint density at radius 3 is 2.53 bits per heavy atom. The van der Waals surface area contributed by atoms with Crippen molar-refractivity contribution in [2.24, 2.45) is 0 Å². The van der Waals surface area contributed by atoms with Gasteiger partial charge in [0.15, 0.2) is 0 Å². The summed E-state index contributed by atoms with van der Waals surface area (Å²) in [5, 5.41) is 3.29. The maximum absolute atomic E-state index is 12.2. The van der Waals surface area contributed by atoms with Gasteiger partial charge in [-0.3, -0.25) is 9.69 Å². The van der Waals surface area contributed by atoms with Gasteiger partial charge in [0.2, 0.25) is 5.91 Å². The van der Waals surface area contributed by atoms with E-state index >= 15 is 0 Å². The highest BCUT2D eigenvalue weighted by Gasteiger charge is 2.27. The normalized spacial score (nSPS) is 21.6. The van der Waals surface area contributed by atoms with E-state index in [2.05, 4.69) is 22.0 Å². The number of amides is 1. The van der Waals surface area contributed by atoms with E-state index in [4.69, 9.17) is 0 Å². The highest BCUT2D eigenvalue weighted by molar-refractivity contribution is 5.78. The highest BCUT2D eigenvalue weighted by Crippen LogP contribution is 2.11. The van der Waals surface area contributed by atoms with Crippen LogP contribution in [0.2, 0.25) is 0 Å². The number of piperidine rings is 1. The first-order valence-electron chi connectivity index (χ1n) is 7.04. The fourth-order valence-corrected chi connectivity index (χ4v) is 2.63. The van der Waals surface area contributed by atoms with Crippen LogP contribution in [0.3, 0.4) is 0 Å². The minimum absolute atomic E-state index is 0.338. The van der Waals surface area contributed by atoms with E-state index in [0.29, 0.717) is 18.5 Å². The van der Waals surface area contributed by atoms with Crippen molar-refractivity contribution >= 4 is 5.91 Å². The van der Waals surface area contributed by atoms with Gasteiger partial charge in [0.1, 0.15) is 0 Å². The monoisotopic (exact) mass is 239 g/mol. The minimum Gasteiger partial charge on any atom is -0.342 e. The maximum Gasteiger partial charge on any atom is 0.236 e. The number of nitrogens with one attached hydrogen (secondary N) is 1. The fraction of sp³-hybridized carbons (Fsp3) is 0.923. The lowest BCUT2D eigenvalue weighted by atomic mass is 10.1. The topological polar surface area (TPSA) is 35.6 Å². The van der Waals surface area contributed by atoms with Gasteiger partial charge >= 0.3 is 0 Å². The maximum atomic E-state index is 12.2. The van der Waals surface area contributed by atoms with Crippen LogP contribution in [0.25, 0.3) is 0 Å². The lowest BCUT2D eigenvalue weighted by Gasteiger charge is -2.39. The van der Waals surface area contributed by atoms with E-state index in [9.17, 15) is 4.79 Å². The first-order chi connectivity index (χ1) is 8.31. The van der Waals surface area contributed by atoms with Gasteiger partial charge in [0.25, 0.3) is 0 Å². The molecule has 0 unspecified atom stereocenters. The molecule has 2 aliphatic heterocycles. The summed E-state index contributed by atoms with van der Waals surface area (Å²) < 4.78 is 0. The van der Waals surface area contributed by atoms with Crippen LogP contribution >= 0.6 is 0 Å². The third kappa shape index (κ3) is 3.42. The predicted molar refractivity (Wildman–Crippen MR) is 69.0 cm³/mol. The number of hydrogen-bond donors (Lipinski definition) is 1. The van der Waals surface area contributed by atoms with Crippen LogP contribution in [0.1, 0.15) is 32.6 Å². The molecule has 2 aliphatic rings. The molecule has 1 N–H and O–H groups in total. The number of carbonyl (C=O) groups is 1. The summed E-state index contributed by atoms with van der Waals surface area (Å²) in [4.78, 5) is 16.6. The molecule has 0 atom stereocenters. The summed E-state index contributed by atoms with van der Waals surface area (Å²) in [7, 11) is 0. The molecule has 2 saturated heterocycles. The molecule has 2 rings (SSSR count). The first-order valence-corrected chi connectivity index (χ1v) is 7.04. The zero-order chi connectivity index (χ0) is 12.1. The van der Waals surface area contributed by atoms with Gasteiger partial charge in [-0.15, -0.1) is 0 Å². The molecule has 4 heteroatoms. The average Bonchev–Trinajstić information content (AvgIpc) is 2.28. The molecule has 0 bridgehead atoms. The van der Waals surface area contributed by atoms with Crippen LogP contribution in [0.4, 0.5) is 0 Å². The second kappa shape index (κ2) is 6.36. The van der Waals surface area contributed by atoms with Crippen LogP contribution in [0.5, 0.6) is 0 Å². The van der Waals surface area contributed by atoms with Gasteiger partial charge in [-0.25, -0.2) is 0 Å². The van der Waals surface area contributed by atoms with Crippen molar-refractivity contribution in [1.82, 2.24) is 15.1 Å². The number of likely N-dealkylation sites (tertiary alicyclic amines) is 1. The Bertz CT molecular complexity index is 247. The van der Waals surface area contributed by atoms with Gasteiger partial charge in [-0.2, -0.15) is 0 Å². The SMILES string of the molecule is CCCN(CC(=O)N1CCCCC1)C1CNC1. The van der Waals surface area contributed by atoms with Gasteiger partial charge in [-0.1, -0.05) is 6.92 Å². The number of hydrogen-bond acceptors (Lipinski definition) is 3. The molecule has 0 aromatic heterocycles. The number of nitrogens with zero attached hydrogens (tertiary/aromatic N) is 2. The minimum atomic E-state index is 0.338. The molecule has 98 valence electrons. The molecular formula is C13H25N3O. The Morgan fingerprint density at radius 1 is 1.29 bits per heavy atom. The first kappa shape index (κ1) is 12.8. The van der Waals surface area contributed by atoms with Crippen LogP contribution in [-0.2, 0) is 4.79 Å². The molecule has 0 spiro atoms. The molecule has 4 nitrogen and oxygen atoms in total. The van der Waals surface area contributed by atoms with Crippen molar-refractivity contribution in [1.29, 1.82) is 0 Å². The van der Waals surface area contributed by atoms with Gasteiger partial charge in [0, 0.05) is 32.2 Å². The largest absolute Gasteiger partial charge is 0.342 e. The molecule has 0 aromatic carbocycles. The third-order valence-corrected chi connectivity index (χ3v) is 3.83. The van der Waals surface area contributed by atoms with Crippen molar-refractivity contribution in [2.75, 3.05) is 39.3 Å². The van der Waals surface area contributed by atoms with Gasteiger partial charge in [0.05, 0.1) is 6.54 Å². The van der Waals surface area contributed by atoms with Crippen LogP contribution in [0.15, 0.2) is 0 Å². The molecular weight excluding hydrogens is 214 g/mol. The Balaban J connectivity index is 1.80. The molecule has 0 aromatic rings. The van der Waals surface area contributed by atoms with Crippen LogP contribution in [-0.4, -0.2) is 61.0 Å². The third-order valence-electron chi connectivity index (χ3n) is 3.83.